The van der Waals surface area contributed by atoms with Crippen LogP contribution in [0.4, 0.5) is 13.2 Å². The van der Waals surface area contributed by atoms with E-state index >= 15 is 0 Å². The highest BCUT2D eigenvalue weighted by Gasteiger charge is 2.45. The third kappa shape index (κ3) is 6.63. The molecule has 2 amide bonds. The number of β-amino-alcohol motifs (C(OH)–C–C–N with tert-alkyl or cyclic N) is 1. The predicted molar refractivity (Wildman–Crippen MR) is 151 cm³/mol. The Balaban J connectivity index is 1.52. The number of hydrogen-bond acceptors (Lipinski definition) is 4. The van der Waals surface area contributed by atoms with E-state index < -0.39 is 35.2 Å². The van der Waals surface area contributed by atoms with Gasteiger partial charge in [0.15, 0.2) is 0 Å². The lowest BCUT2D eigenvalue weighted by molar-refractivity contribution is -0.137. The van der Waals surface area contributed by atoms with E-state index in [0.29, 0.717) is 19.4 Å². The van der Waals surface area contributed by atoms with Crippen molar-refractivity contribution in [2.24, 2.45) is 0 Å². The normalized spacial score (nSPS) is 18.9. The van der Waals surface area contributed by atoms with Gasteiger partial charge in [0.05, 0.1) is 17.7 Å². The second-order valence-corrected chi connectivity index (χ2v) is 10.9. The third-order valence-corrected chi connectivity index (χ3v) is 7.91. The SMILES string of the molecule is CC(CC(C(=O)N(C)C)(c1ccccc1)c1ccccc1)N1CC[C@H](NC(=O)c2cccc(C(F)(F)F)c2)[C@@H](O)C1. The van der Waals surface area contributed by atoms with Gasteiger partial charge in [-0.1, -0.05) is 66.7 Å². The van der Waals surface area contributed by atoms with Gasteiger partial charge in [-0.05, 0) is 49.1 Å². The van der Waals surface area contributed by atoms with Crippen LogP contribution >= 0.6 is 0 Å². The Hall–Kier alpha value is -3.69. The second kappa shape index (κ2) is 12.4. The Labute approximate surface area is 238 Å². The summed E-state index contributed by atoms with van der Waals surface area (Å²) in [7, 11) is 3.49. The summed E-state index contributed by atoms with van der Waals surface area (Å²) in [5, 5.41) is 13.7. The highest BCUT2D eigenvalue weighted by molar-refractivity contribution is 5.94. The van der Waals surface area contributed by atoms with Crippen LogP contribution < -0.4 is 5.32 Å². The van der Waals surface area contributed by atoms with Crippen molar-refractivity contribution in [1.29, 1.82) is 0 Å². The molecule has 0 radical (unpaired) electrons. The van der Waals surface area contributed by atoms with E-state index in [-0.39, 0.29) is 24.1 Å². The summed E-state index contributed by atoms with van der Waals surface area (Å²) in [6, 6.07) is 22.9. The average molecular weight is 568 g/mol. The van der Waals surface area contributed by atoms with Gasteiger partial charge in [-0.25, -0.2) is 0 Å². The smallest absolute Gasteiger partial charge is 0.390 e. The van der Waals surface area contributed by atoms with Crippen molar-refractivity contribution in [3.05, 3.63) is 107 Å². The van der Waals surface area contributed by atoms with Crippen LogP contribution in [0, 0.1) is 0 Å². The fourth-order valence-corrected chi connectivity index (χ4v) is 5.75. The van der Waals surface area contributed by atoms with Crippen molar-refractivity contribution in [2.75, 3.05) is 27.2 Å². The lowest BCUT2D eigenvalue weighted by atomic mass is 9.69. The molecular weight excluding hydrogens is 531 g/mol. The van der Waals surface area contributed by atoms with E-state index in [4.69, 9.17) is 0 Å². The Kier molecular flexibility index (Phi) is 9.19. The number of aliphatic hydroxyl groups is 1. The molecular formula is C32H36F3N3O3. The van der Waals surface area contributed by atoms with Crippen molar-refractivity contribution in [3.8, 4) is 0 Å². The Morgan fingerprint density at radius 2 is 1.51 bits per heavy atom. The van der Waals surface area contributed by atoms with Crippen LogP contribution in [0.15, 0.2) is 84.9 Å². The first-order valence-corrected chi connectivity index (χ1v) is 13.7. The van der Waals surface area contributed by atoms with E-state index in [1.807, 2.05) is 67.6 Å². The van der Waals surface area contributed by atoms with Gasteiger partial charge in [-0.15, -0.1) is 0 Å². The molecule has 0 spiro atoms. The number of hydrogen-bond donors (Lipinski definition) is 2. The maximum atomic E-state index is 14.0. The van der Waals surface area contributed by atoms with Crippen LogP contribution in [-0.2, 0) is 16.4 Å². The van der Waals surface area contributed by atoms with Crippen LogP contribution in [-0.4, -0.2) is 72.1 Å². The minimum Gasteiger partial charge on any atom is -0.390 e. The molecule has 3 aromatic carbocycles. The maximum absolute atomic E-state index is 14.0. The number of likely N-dealkylation sites (N-methyl/N-ethyl adjacent to an activating group) is 1. The fraction of sp³-hybridized carbons (Fsp3) is 0.375. The molecule has 0 bridgehead atoms. The summed E-state index contributed by atoms with van der Waals surface area (Å²) in [6.45, 7) is 2.80. The highest BCUT2D eigenvalue weighted by atomic mass is 19.4. The number of amides is 2. The number of aliphatic hydroxyl groups excluding tert-OH is 1. The number of carbonyl (C=O) groups excluding carboxylic acids is 2. The lowest BCUT2D eigenvalue weighted by Gasteiger charge is -2.44. The van der Waals surface area contributed by atoms with E-state index in [2.05, 4.69) is 10.2 Å². The Morgan fingerprint density at radius 1 is 0.951 bits per heavy atom. The van der Waals surface area contributed by atoms with Gasteiger partial charge in [0.2, 0.25) is 5.91 Å². The second-order valence-electron chi connectivity index (χ2n) is 10.9. The standard InChI is InChI=1S/C32H36F3N3O3/c1-22(20-31(30(41)37(2)3,24-12-6-4-7-13-24)25-14-8-5-9-15-25)38-18-17-27(28(39)21-38)36-29(40)23-11-10-16-26(19-23)32(33,34)35/h4-16,19,22,27-28,39H,17-18,20-21H2,1-3H3,(H,36,40)/t22?,27-,28-/m0/s1. The molecule has 1 unspecified atom stereocenters. The molecule has 1 heterocycles. The van der Waals surface area contributed by atoms with E-state index in [0.717, 1.165) is 23.3 Å². The molecule has 1 aliphatic rings. The molecule has 41 heavy (non-hydrogen) atoms. The molecule has 3 aromatic rings. The molecule has 0 aliphatic carbocycles. The van der Waals surface area contributed by atoms with Crippen molar-refractivity contribution >= 4 is 11.8 Å². The summed E-state index contributed by atoms with van der Waals surface area (Å²) >= 11 is 0. The molecule has 2 N–H and O–H groups in total. The zero-order valence-corrected chi connectivity index (χ0v) is 23.4. The molecule has 1 aliphatic heterocycles. The maximum Gasteiger partial charge on any atom is 0.416 e. The van der Waals surface area contributed by atoms with Gasteiger partial charge >= 0.3 is 6.18 Å². The van der Waals surface area contributed by atoms with Gasteiger partial charge in [-0.2, -0.15) is 13.2 Å². The number of rotatable bonds is 8. The van der Waals surface area contributed by atoms with Gasteiger partial charge < -0.3 is 15.3 Å². The first-order chi connectivity index (χ1) is 19.4. The molecule has 218 valence electrons. The quantitative estimate of drug-likeness (QED) is 0.413. The van der Waals surface area contributed by atoms with Crippen molar-refractivity contribution < 1.29 is 27.9 Å². The molecule has 1 saturated heterocycles. The number of nitrogens with one attached hydrogen (secondary N) is 1. The average Bonchev–Trinajstić information content (AvgIpc) is 2.97. The molecule has 6 nitrogen and oxygen atoms in total. The van der Waals surface area contributed by atoms with Crippen LogP contribution in [0.2, 0.25) is 0 Å². The van der Waals surface area contributed by atoms with E-state index in [9.17, 15) is 27.9 Å². The molecule has 3 atom stereocenters. The van der Waals surface area contributed by atoms with Crippen molar-refractivity contribution in [3.63, 3.8) is 0 Å². The summed E-state index contributed by atoms with van der Waals surface area (Å²) in [6.07, 6.45) is -4.64. The molecule has 0 saturated carbocycles. The van der Waals surface area contributed by atoms with Crippen LogP contribution in [0.25, 0.3) is 0 Å². The van der Waals surface area contributed by atoms with Gasteiger partial charge in [0, 0.05) is 38.8 Å². The van der Waals surface area contributed by atoms with Crippen LogP contribution in [0.3, 0.4) is 0 Å². The zero-order valence-electron chi connectivity index (χ0n) is 23.4. The molecule has 4 rings (SSSR count). The summed E-state index contributed by atoms with van der Waals surface area (Å²) in [5.74, 6) is -0.712. The number of benzene rings is 3. The zero-order chi connectivity index (χ0) is 29.8. The molecule has 0 aromatic heterocycles. The topological polar surface area (TPSA) is 72.9 Å². The minimum absolute atomic E-state index is 0.0504. The number of nitrogens with zero attached hydrogens (tertiary/aromatic N) is 2. The van der Waals surface area contributed by atoms with Crippen molar-refractivity contribution in [1.82, 2.24) is 15.1 Å². The highest BCUT2D eigenvalue weighted by Crippen LogP contribution is 2.40. The van der Waals surface area contributed by atoms with Crippen LogP contribution in [0.5, 0.6) is 0 Å². The van der Waals surface area contributed by atoms with E-state index in [1.165, 1.54) is 12.1 Å². The fourth-order valence-electron chi connectivity index (χ4n) is 5.75. The van der Waals surface area contributed by atoms with Crippen LogP contribution in [0.1, 0.15) is 46.8 Å². The largest absolute Gasteiger partial charge is 0.416 e. The third-order valence-electron chi connectivity index (χ3n) is 7.91. The summed E-state index contributed by atoms with van der Waals surface area (Å²) in [4.78, 5) is 30.4. The number of likely N-dealkylation sites (tertiary alicyclic amines) is 1. The van der Waals surface area contributed by atoms with Gasteiger partial charge in [0.1, 0.15) is 5.41 Å². The molecule has 9 heteroatoms. The minimum atomic E-state index is -4.56. The Bertz CT molecular complexity index is 1290. The van der Waals surface area contributed by atoms with Crippen molar-refractivity contribution in [2.45, 2.75) is 49.5 Å². The Morgan fingerprint density at radius 3 is 2.02 bits per heavy atom. The first kappa shape index (κ1) is 30.3. The summed E-state index contributed by atoms with van der Waals surface area (Å²) in [5.41, 5.74) is -0.228. The van der Waals surface area contributed by atoms with Gasteiger partial charge in [0.25, 0.3) is 5.91 Å². The van der Waals surface area contributed by atoms with Gasteiger partial charge in [-0.3, -0.25) is 14.5 Å². The molecule has 1 fully saturated rings. The van der Waals surface area contributed by atoms with E-state index in [1.54, 1.807) is 19.0 Å². The number of halogens is 3. The number of alkyl halides is 3. The predicted octanol–water partition coefficient (Wildman–Crippen LogP) is 4.72. The summed E-state index contributed by atoms with van der Waals surface area (Å²) < 4.78 is 39.3. The first-order valence-electron chi connectivity index (χ1n) is 13.7. The number of piperidine rings is 1. The number of carbonyl (C=O) groups is 2. The monoisotopic (exact) mass is 567 g/mol. The lowest BCUT2D eigenvalue weighted by Crippen LogP contribution is -2.57.